The maximum atomic E-state index is 6.49. The molecule has 0 amide bonds. The zero-order chi connectivity index (χ0) is 16.1. The standard InChI is InChI=1S/C17H21ClN4/c1-6-11-8-7-10(2)12(9-11)15-19-16-13(18)14(17(3,4)5)20-22(16)21-15/h7-9,20H,6H2,1-5H3. The van der Waals surface area contributed by atoms with Crippen LogP contribution in [0.2, 0.25) is 5.02 Å². The topological polar surface area (TPSA) is 46.0 Å². The molecule has 4 nitrogen and oxygen atoms in total. The minimum Gasteiger partial charge on any atom is -0.278 e. The van der Waals surface area contributed by atoms with E-state index in [0.717, 1.165) is 23.2 Å². The molecule has 0 saturated heterocycles. The fraction of sp³-hybridized carbons (Fsp3) is 0.412. The third-order valence-electron chi connectivity index (χ3n) is 3.94. The minimum atomic E-state index is -0.0718. The van der Waals surface area contributed by atoms with E-state index in [1.807, 2.05) is 0 Å². The molecule has 0 spiro atoms. The summed E-state index contributed by atoms with van der Waals surface area (Å²) in [7, 11) is 0. The van der Waals surface area contributed by atoms with Crippen LogP contribution in [0.1, 0.15) is 44.5 Å². The number of fused-ring (bicyclic) bond motifs is 1. The van der Waals surface area contributed by atoms with Crippen LogP contribution in [-0.4, -0.2) is 19.8 Å². The van der Waals surface area contributed by atoms with E-state index >= 15 is 0 Å². The molecule has 0 fully saturated rings. The van der Waals surface area contributed by atoms with Crippen molar-refractivity contribution in [2.24, 2.45) is 0 Å². The minimum absolute atomic E-state index is 0.0718. The second kappa shape index (κ2) is 5.13. The van der Waals surface area contributed by atoms with E-state index in [-0.39, 0.29) is 5.41 Å². The van der Waals surface area contributed by atoms with Crippen LogP contribution in [0.15, 0.2) is 18.2 Å². The van der Waals surface area contributed by atoms with E-state index in [2.05, 4.69) is 68.0 Å². The first-order valence-electron chi connectivity index (χ1n) is 7.56. The molecule has 0 aliphatic heterocycles. The molecular weight excluding hydrogens is 296 g/mol. The summed E-state index contributed by atoms with van der Waals surface area (Å²) in [5.74, 6) is 0.710. The van der Waals surface area contributed by atoms with Gasteiger partial charge in [-0.3, -0.25) is 5.10 Å². The smallest absolute Gasteiger partial charge is 0.194 e. The van der Waals surface area contributed by atoms with Crippen molar-refractivity contribution in [2.75, 3.05) is 0 Å². The van der Waals surface area contributed by atoms with Crippen molar-refractivity contribution < 1.29 is 0 Å². The van der Waals surface area contributed by atoms with E-state index in [4.69, 9.17) is 11.6 Å². The highest BCUT2D eigenvalue weighted by atomic mass is 35.5. The lowest BCUT2D eigenvalue weighted by Crippen LogP contribution is -2.13. The number of aromatic nitrogens is 4. The van der Waals surface area contributed by atoms with Crippen LogP contribution in [0, 0.1) is 6.92 Å². The van der Waals surface area contributed by atoms with Crippen LogP contribution in [-0.2, 0) is 11.8 Å². The number of H-pyrrole nitrogens is 1. The summed E-state index contributed by atoms with van der Waals surface area (Å²) in [5, 5.41) is 8.48. The van der Waals surface area contributed by atoms with Gasteiger partial charge < -0.3 is 0 Å². The molecule has 3 aromatic rings. The van der Waals surface area contributed by atoms with Crippen molar-refractivity contribution >= 4 is 17.2 Å². The third kappa shape index (κ3) is 2.41. The number of rotatable bonds is 2. The van der Waals surface area contributed by atoms with Crippen molar-refractivity contribution in [3.8, 4) is 11.4 Å². The zero-order valence-electron chi connectivity index (χ0n) is 13.7. The van der Waals surface area contributed by atoms with Crippen LogP contribution in [0.3, 0.4) is 0 Å². The highest BCUT2D eigenvalue weighted by Gasteiger charge is 2.24. The van der Waals surface area contributed by atoms with Gasteiger partial charge in [0.15, 0.2) is 11.5 Å². The summed E-state index contributed by atoms with van der Waals surface area (Å²) in [6.07, 6.45) is 0.994. The van der Waals surface area contributed by atoms with E-state index in [0.29, 0.717) is 16.5 Å². The number of nitrogens with one attached hydrogen (secondary N) is 1. The van der Waals surface area contributed by atoms with Crippen molar-refractivity contribution in [1.82, 2.24) is 19.8 Å². The van der Waals surface area contributed by atoms with Gasteiger partial charge in [-0.25, -0.2) is 4.98 Å². The highest BCUT2D eigenvalue weighted by Crippen LogP contribution is 2.32. The monoisotopic (exact) mass is 316 g/mol. The first-order valence-corrected chi connectivity index (χ1v) is 7.93. The van der Waals surface area contributed by atoms with Gasteiger partial charge in [-0.1, -0.05) is 51.4 Å². The summed E-state index contributed by atoms with van der Waals surface area (Å²) in [6, 6.07) is 6.42. The maximum Gasteiger partial charge on any atom is 0.194 e. The highest BCUT2D eigenvalue weighted by molar-refractivity contribution is 6.34. The lowest BCUT2D eigenvalue weighted by molar-refractivity contribution is 0.557. The summed E-state index contributed by atoms with van der Waals surface area (Å²) >= 11 is 6.49. The Morgan fingerprint density at radius 3 is 2.59 bits per heavy atom. The van der Waals surface area contributed by atoms with Crippen molar-refractivity contribution in [3.63, 3.8) is 0 Å². The van der Waals surface area contributed by atoms with E-state index in [1.165, 1.54) is 5.56 Å². The Morgan fingerprint density at radius 2 is 2.00 bits per heavy atom. The lowest BCUT2D eigenvalue weighted by atomic mass is 9.92. The average Bonchev–Trinajstić information content (AvgIpc) is 2.99. The molecule has 1 N–H and O–H groups in total. The maximum absolute atomic E-state index is 6.49. The molecule has 2 heterocycles. The van der Waals surface area contributed by atoms with Gasteiger partial charge >= 0.3 is 0 Å². The van der Waals surface area contributed by atoms with Crippen LogP contribution in [0.5, 0.6) is 0 Å². The Morgan fingerprint density at radius 1 is 1.27 bits per heavy atom. The zero-order valence-corrected chi connectivity index (χ0v) is 14.4. The average molecular weight is 317 g/mol. The predicted molar refractivity (Wildman–Crippen MR) is 90.6 cm³/mol. The molecule has 0 unspecified atom stereocenters. The first kappa shape index (κ1) is 15.1. The van der Waals surface area contributed by atoms with Gasteiger partial charge in [-0.05, 0) is 30.5 Å². The second-order valence-corrected chi connectivity index (χ2v) is 7.10. The first-order chi connectivity index (χ1) is 10.3. The van der Waals surface area contributed by atoms with Gasteiger partial charge in [0.2, 0.25) is 0 Å². The van der Waals surface area contributed by atoms with Gasteiger partial charge in [-0.15, -0.1) is 5.10 Å². The second-order valence-electron chi connectivity index (χ2n) is 6.72. The van der Waals surface area contributed by atoms with Crippen molar-refractivity contribution in [3.05, 3.63) is 40.0 Å². The van der Waals surface area contributed by atoms with Crippen LogP contribution < -0.4 is 0 Å². The molecule has 2 aromatic heterocycles. The SMILES string of the molecule is CCc1ccc(C)c(-c2nc3c(Cl)c(C(C)(C)C)[nH]n3n2)c1. The molecule has 116 valence electrons. The quantitative estimate of drug-likeness (QED) is 0.754. The number of benzene rings is 1. The van der Waals surface area contributed by atoms with Crippen LogP contribution in [0.4, 0.5) is 0 Å². The summed E-state index contributed by atoms with van der Waals surface area (Å²) in [5.41, 5.74) is 5.07. The largest absolute Gasteiger partial charge is 0.278 e. The summed E-state index contributed by atoms with van der Waals surface area (Å²) in [4.78, 5) is 4.64. The Balaban J connectivity index is 2.15. The summed E-state index contributed by atoms with van der Waals surface area (Å²) in [6.45, 7) is 10.6. The molecule has 5 heteroatoms. The predicted octanol–water partition coefficient (Wildman–Crippen LogP) is 4.55. The number of hydrogen-bond donors (Lipinski definition) is 1. The molecule has 0 aliphatic rings. The fourth-order valence-corrected chi connectivity index (χ4v) is 2.99. The van der Waals surface area contributed by atoms with Gasteiger partial charge in [-0.2, -0.15) is 4.63 Å². The molecule has 0 bridgehead atoms. The lowest BCUT2D eigenvalue weighted by Gasteiger charge is -2.16. The number of halogens is 1. The Kier molecular flexibility index (Phi) is 3.52. The Hall–Kier alpha value is -1.81. The molecule has 3 rings (SSSR count). The van der Waals surface area contributed by atoms with Gasteiger partial charge in [0.05, 0.1) is 5.69 Å². The number of nitrogens with zero attached hydrogens (tertiary/aromatic N) is 3. The Labute approximate surface area is 135 Å². The fourth-order valence-electron chi connectivity index (χ4n) is 2.54. The normalized spacial score (nSPS) is 12.3. The molecule has 0 radical (unpaired) electrons. The van der Waals surface area contributed by atoms with E-state index in [9.17, 15) is 0 Å². The van der Waals surface area contributed by atoms with E-state index in [1.54, 1.807) is 4.63 Å². The number of aromatic amines is 1. The molecule has 0 aliphatic carbocycles. The van der Waals surface area contributed by atoms with Crippen molar-refractivity contribution in [1.29, 1.82) is 0 Å². The summed E-state index contributed by atoms with van der Waals surface area (Å²) < 4.78 is 1.68. The third-order valence-corrected chi connectivity index (χ3v) is 4.30. The van der Waals surface area contributed by atoms with E-state index < -0.39 is 0 Å². The number of aryl methyl sites for hydroxylation is 2. The van der Waals surface area contributed by atoms with Crippen molar-refractivity contribution in [2.45, 2.75) is 46.5 Å². The molecule has 22 heavy (non-hydrogen) atoms. The molecule has 0 atom stereocenters. The van der Waals surface area contributed by atoms with Crippen LogP contribution in [0.25, 0.3) is 17.0 Å². The molecule has 0 saturated carbocycles. The van der Waals surface area contributed by atoms with Crippen LogP contribution >= 0.6 is 11.6 Å². The molecular formula is C17H21ClN4. The Bertz CT molecular complexity index is 836. The molecule has 1 aromatic carbocycles. The van der Waals surface area contributed by atoms with Gasteiger partial charge in [0.25, 0.3) is 0 Å². The van der Waals surface area contributed by atoms with Gasteiger partial charge in [0.1, 0.15) is 5.02 Å². The number of hydrogen-bond acceptors (Lipinski definition) is 2. The van der Waals surface area contributed by atoms with Gasteiger partial charge in [0, 0.05) is 11.0 Å².